The number of rotatable bonds is 9. The van der Waals surface area contributed by atoms with E-state index in [0.717, 1.165) is 48.8 Å². The zero-order valence-corrected chi connectivity index (χ0v) is 20.5. The van der Waals surface area contributed by atoms with Crippen molar-refractivity contribution in [2.24, 2.45) is 0 Å². The number of nitrogens with zero attached hydrogens (tertiary/aromatic N) is 5. The van der Waals surface area contributed by atoms with Crippen molar-refractivity contribution in [3.8, 4) is 11.3 Å². The molecule has 0 saturated carbocycles. The largest absolute Gasteiger partial charge is 0.380 e. The second-order valence-corrected chi connectivity index (χ2v) is 10.4. The summed E-state index contributed by atoms with van der Waals surface area (Å²) in [6.45, 7) is 5.00. The first-order chi connectivity index (χ1) is 16.5. The number of ether oxygens (including phenoxy) is 1. The van der Waals surface area contributed by atoms with E-state index >= 15 is 0 Å². The standard InChI is InChI=1S/C25H31N5O3S/c1-28(34(31,32)23-6-4-3-5-7-23)14-15-29-16-18-30(19-17-29)25-24(26-12-13-27-25)22-10-8-21(9-11-22)20-33-2/h3-13H,14-20H2,1-2H3. The summed E-state index contributed by atoms with van der Waals surface area (Å²) < 4.78 is 32.1. The molecule has 0 atom stereocenters. The van der Waals surface area contributed by atoms with E-state index in [1.54, 1.807) is 50.8 Å². The molecule has 3 aromatic rings. The molecular formula is C25H31N5O3S. The quantitative estimate of drug-likeness (QED) is 0.465. The summed E-state index contributed by atoms with van der Waals surface area (Å²) in [5, 5.41) is 0. The molecular weight excluding hydrogens is 450 g/mol. The van der Waals surface area contributed by atoms with Gasteiger partial charge in [-0.1, -0.05) is 42.5 Å². The molecule has 8 nitrogen and oxygen atoms in total. The lowest BCUT2D eigenvalue weighted by Crippen LogP contribution is -2.49. The number of piperazine rings is 1. The van der Waals surface area contributed by atoms with E-state index in [2.05, 4.69) is 44.0 Å². The van der Waals surface area contributed by atoms with E-state index < -0.39 is 10.0 Å². The fourth-order valence-electron chi connectivity index (χ4n) is 4.05. The summed E-state index contributed by atoms with van der Waals surface area (Å²) in [6.07, 6.45) is 3.45. The van der Waals surface area contributed by atoms with Crippen LogP contribution in [0.1, 0.15) is 5.56 Å². The molecule has 1 saturated heterocycles. The molecule has 1 aliphatic rings. The number of methoxy groups -OCH3 is 1. The Balaban J connectivity index is 1.35. The Morgan fingerprint density at radius 2 is 1.62 bits per heavy atom. The summed E-state index contributed by atoms with van der Waals surface area (Å²) in [5.74, 6) is 0.880. The van der Waals surface area contributed by atoms with Crippen molar-refractivity contribution < 1.29 is 13.2 Å². The van der Waals surface area contributed by atoms with Crippen molar-refractivity contribution in [1.29, 1.82) is 0 Å². The fourth-order valence-corrected chi connectivity index (χ4v) is 5.23. The first-order valence-electron chi connectivity index (χ1n) is 11.4. The summed E-state index contributed by atoms with van der Waals surface area (Å²) in [5.41, 5.74) is 3.01. The number of hydrogen-bond donors (Lipinski definition) is 0. The number of anilines is 1. The van der Waals surface area contributed by atoms with Crippen LogP contribution in [-0.2, 0) is 21.4 Å². The maximum absolute atomic E-state index is 12.7. The predicted molar refractivity (Wildman–Crippen MR) is 133 cm³/mol. The van der Waals surface area contributed by atoms with Gasteiger partial charge in [0.2, 0.25) is 10.0 Å². The van der Waals surface area contributed by atoms with E-state index in [4.69, 9.17) is 4.74 Å². The van der Waals surface area contributed by atoms with Gasteiger partial charge in [0.25, 0.3) is 0 Å². The molecule has 1 fully saturated rings. The van der Waals surface area contributed by atoms with Gasteiger partial charge in [0, 0.05) is 71.4 Å². The average molecular weight is 482 g/mol. The Kier molecular flexibility index (Phi) is 7.89. The number of hydrogen-bond acceptors (Lipinski definition) is 7. The minimum atomic E-state index is -3.47. The molecule has 0 N–H and O–H groups in total. The molecule has 0 bridgehead atoms. The lowest BCUT2D eigenvalue weighted by molar-refractivity contribution is 0.185. The highest BCUT2D eigenvalue weighted by Gasteiger charge is 2.24. The lowest BCUT2D eigenvalue weighted by atomic mass is 10.1. The van der Waals surface area contributed by atoms with Crippen LogP contribution in [0.5, 0.6) is 0 Å². The maximum atomic E-state index is 12.7. The first kappa shape index (κ1) is 24.3. The van der Waals surface area contributed by atoms with Gasteiger partial charge < -0.3 is 9.64 Å². The molecule has 4 rings (SSSR count). The van der Waals surface area contributed by atoms with Gasteiger partial charge in [0.15, 0.2) is 5.82 Å². The first-order valence-corrected chi connectivity index (χ1v) is 12.8. The minimum Gasteiger partial charge on any atom is -0.380 e. The van der Waals surface area contributed by atoms with Crippen LogP contribution in [0, 0.1) is 0 Å². The molecule has 2 aromatic carbocycles. The number of likely N-dealkylation sites (N-methyl/N-ethyl adjacent to an activating group) is 1. The van der Waals surface area contributed by atoms with Crippen LogP contribution in [0.15, 0.2) is 71.9 Å². The highest BCUT2D eigenvalue weighted by molar-refractivity contribution is 7.89. The Morgan fingerprint density at radius 3 is 2.29 bits per heavy atom. The molecule has 0 spiro atoms. The van der Waals surface area contributed by atoms with Crippen LogP contribution in [0.25, 0.3) is 11.3 Å². The Labute approximate surface area is 201 Å². The highest BCUT2D eigenvalue weighted by atomic mass is 32.2. The molecule has 2 heterocycles. The Hall–Kier alpha value is -2.85. The lowest BCUT2D eigenvalue weighted by Gasteiger charge is -2.36. The van der Waals surface area contributed by atoms with Crippen molar-refractivity contribution in [3.63, 3.8) is 0 Å². The summed E-state index contributed by atoms with van der Waals surface area (Å²) in [4.78, 5) is 14.1. The van der Waals surface area contributed by atoms with Gasteiger partial charge in [-0.25, -0.2) is 13.4 Å². The van der Waals surface area contributed by atoms with E-state index in [1.807, 2.05) is 6.07 Å². The topological polar surface area (TPSA) is 78.9 Å². The Bertz CT molecular complexity index is 1160. The molecule has 1 aliphatic heterocycles. The van der Waals surface area contributed by atoms with Crippen LogP contribution >= 0.6 is 0 Å². The van der Waals surface area contributed by atoms with E-state index in [9.17, 15) is 8.42 Å². The average Bonchev–Trinajstić information content (AvgIpc) is 2.89. The van der Waals surface area contributed by atoms with E-state index in [1.165, 1.54) is 4.31 Å². The van der Waals surface area contributed by atoms with Gasteiger partial charge in [-0.3, -0.25) is 9.88 Å². The molecule has 0 aliphatic carbocycles. The number of benzene rings is 2. The molecule has 180 valence electrons. The second kappa shape index (κ2) is 11.1. The summed E-state index contributed by atoms with van der Waals surface area (Å²) in [7, 11) is -0.136. The van der Waals surface area contributed by atoms with Gasteiger partial charge in [0.05, 0.1) is 11.5 Å². The van der Waals surface area contributed by atoms with Gasteiger partial charge >= 0.3 is 0 Å². The van der Waals surface area contributed by atoms with E-state index in [0.29, 0.717) is 24.6 Å². The van der Waals surface area contributed by atoms with Crippen LogP contribution in [0.2, 0.25) is 0 Å². The SMILES string of the molecule is COCc1ccc(-c2nccnc2N2CCN(CCN(C)S(=O)(=O)c3ccccc3)CC2)cc1. The van der Waals surface area contributed by atoms with Crippen LogP contribution in [0.4, 0.5) is 5.82 Å². The summed E-state index contributed by atoms with van der Waals surface area (Å²) in [6, 6.07) is 16.8. The monoisotopic (exact) mass is 481 g/mol. The smallest absolute Gasteiger partial charge is 0.242 e. The Morgan fingerprint density at radius 1 is 0.941 bits per heavy atom. The molecule has 34 heavy (non-hydrogen) atoms. The number of sulfonamides is 1. The zero-order chi connectivity index (χ0) is 24.0. The molecule has 0 radical (unpaired) electrons. The van der Waals surface area contributed by atoms with Crippen molar-refractivity contribution in [3.05, 3.63) is 72.6 Å². The van der Waals surface area contributed by atoms with Crippen molar-refractivity contribution in [2.75, 3.05) is 58.3 Å². The van der Waals surface area contributed by atoms with Gasteiger partial charge in [0.1, 0.15) is 5.69 Å². The van der Waals surface area contributed by atoms with Crippen LogP contribution in [0.3, 0.4) is 0 Å². The third-order valence-electron chi connectivity index (χ3n) is 6.07. The van der Waals surface area contributed by atoms with Crippen molar-refractivity contribution >= 4 is 15.8 Å². The molecule has 0 amide bonds. The normalized spacial score (nSPS) is 15.1. The minimum absolute atomic E-state index is 0.327. The summed E-state index contributed by atoms with van der Waals surface area (Å²) >= 11 is 0. The third-order valence-corrected chi connectivity index (χ3v) is 7.94. The fraction of sp³-hybridized carbons (Fsp3) is 0.360. The van der Waals surface area contributed by atoms with Crippen LogP contribution in [-0.4, -0.2) is 81.0 Å². The van der Waals surface area contributed by atoms with Crippen molar-refractivity contribution in [2.45, 2.75) is 11.5 Å². The third kappa shape index (κ3) is 5.61. The van der Waals surface area contributed by atoms with Crippen LogP contribution < -0.4 is 4.90 Å². The van der Waals surface area contributed by atoms with Crippen molar-refractivity contribution in [1.82, 2.24) is 19.2 Å². The second-order valence-electron chi connectivity index (χ2n) is 8.33. The molecule has 1 aromatic heterocycles. The van der Waals surface area contributed by atoms with E-state index in [-0.39, 0.29) is 0 Å². The number of aromatic nitrogens is 2. The van der Waals surface area contributed by atoms with Gasteiger partial charge in [-0.2, -0.15) is 4.31 Å². The molecule has 0 unspecified atom stereocenters. The predicted octanol–water partition coefficient (Wildman–Crippen LogP) is 2.73. The van der Waals surface area contributed by atoms with Gasteiger partial charge in [-0.15, -0.1) is 0 Å². The highest BCUT2D eigenvalue weighted by Crippen LogP contribution is 2.27. The van der Waals surface area contributed by atoms with Gasteiger partial charge in [-0.05, 0) is 17.7 Å². The molecule has 9 heteroatoms. The maximum Gasteiger partial charge on any atom is 0.242 e. The zero-order valence-electron chi connectivity index (χ0n) is 19.7.